The first kappa shape index (κ1) is 50.3. The number of nitrogens with one attached hydrogen (secondary N) is 3. The zero-order valence-corrected chi connectivity index (χ0v) is 39.1. The number of halogens is 4. The van der Waals surface area contributed by atoms with Crippen LogP contribution in [-0.2, 0) is 0 Å². The van der Waals surface area contributed by atoms with Crippen LogP contribution < -0.4 is 16.0 Å². The van der Waals surface area contributed by atoms with E-state index in [1.54, 1.807) is 60.0 Å². The Labute approximate surface area is 398 Å². The van der Waals surface area contributed by atoms with Crippen molar-refractivity contribution in [3.8, 4) is 22.5 Å². The van der Waals surface area contributed by atoms with Gasteiger partial charge in [-0.15, -0.1) is 0 Å². The number of hydrogen-bond acceptors (Lipinski definition) is 11. The van der Waals surface area contributed by atoms with Crippen molar-refractivity contribution < 1.29 is 33.7 Å². The molecule has 2 aliphatic heterocycles. The average molecular weight is 956 g/mol. The van der Waals surface area contributed by atoms with Crippen LogP contribution >= 0.6 is 23.2 Å². The highest BCUT2D eigenvalue weighted by Crippen LogP contribution is 2.35. The Kier molecular flexibility index (Phi) is 17.7. The fraction of sp³-hybridized carbons (Fsp3) is 0.320. The molecule has 8 rings (SSSR count). The van der Waals surface area contributed by atoms with Crippen LogP contribution in [0.5, 0.6) is 0 Å². The molecule has 6 heterocycles. The number of piperidine rings is 2. The number of amides is 1. The number of aliphatic hydroxyl groups is 2. The van der Waals surface area contributed by atoms with E-state index in [0.29, 0.717) is 75.6 Å². The van der Waals surface area contributed by atoms with E-state index in [4.69, 9.17) is 28.3 Å². The molecule has 6 N–H and O–H groups in total. The fourth-order valence-corrected chi connectivity index (χ4v) is 7.78. The van der Waals surface area contributed by atoms with E-state index in [2.05, 4.69) is 35.9 Å². The first-order chi connectivity index (χ1) is 32.1. The number of rotatable bonds is 10. The van der Waals surface area contributed by atoms with Crippen LogP contribution in [0.3, 0.4) is 0 Å². The van der Waals surface area contributed by atoms with E-state index in [9.17, 15) is 28.6 Å². The van der Waals surface area contributed by atoms with E-state index < -0.39 is 17.6 Å². The van der Waals surface area contributed by atoms with E-state index in [1.807, 2.05) is 27.7 Å². The number of carboxylic acid groups (broad SMARTS) is 1. The SMILES string of the molecule is CC(C)c1cnc(-c2cc(Cl)ccc2F)cc1Nc1ccncc1C(=O)N1CCC(O)CC1.CC(C)c1cnc(-c2cc(Cl)ccc2F)cc1Nc1ccncc1C(=O)O.OC1CCNCC1. The standard InChI is InChI=1S/C25H26ClFN4O2.C20H17ClFN3O2.C5H11NO/c1-15(2)19-14-29-23(18-11-16(26)3-4-21(18)27)12-24(19)30-22-5-8-28-13-20(22)25(33)31-9-6-17(32)7-10-31;1-11(2)14-10-24-18(13-7-12(21)3-4-16(13)22)8-19(14)25-17-5-6-23-9-15(17)20(26)27;7-5-1-3-6-4-2-5/h3-5,8,11-15,17,32H,6-7,9-10H2,1-2H3,(H,28,29,30);3-11H,1-2H3,(H,26,27)(H,23,24,25);5-7H,1-4H2. The second-order valence-corrected chi connectivity index (χ2v) is 17.6. The topological polar surface area (TPSA) is 186 Å². The van der Waals surface area contributed by atoms with Crippen LogP contribution in [-0.4, -0.2) is 90.4 Å². The van der Waals surface area contributed by atoms with Gasteiger partial charge in [0.15, 0.2) is 0 Å². The third kappa shape index (κ3) is 13.5. The van der Waals surface area contributed by atoms with Gasteiger partial charge in [-0.1, -0.05) is 50.9 Å². The van der Waals surface area contributed by atoms with E-state index in [1.165, 1.54) is 42.7 Å². The first-order valence-electron chi connectivity index (χ1n) is 22.0. The molecule has 0 bridgehead atoms. The molecular formula is C50H54Cl2F2N8O5. The van der Waals surface area contributed by atoms with Crippen molar-refractivity contribution in [3.63, 3.8) is 0 Å². The fourth-order valence-electron chi connectivity index (χ4n) is 7.43. The lowest BCUT2D eigenvalue weighted by Gasteiger charge is -2.30. The van der Waals surface area contributed by atoms with Crippen molar-refractivity contribution in [2.75, 3.05) is 36.8 Å². The summed E-state index contributed by atoms with van der Waals surface area (Å²) in [5.74, 6) is -1.82. The van der Waals surface area contributed by atoms with E-state index in [0.717, 1.165) is 42.7 Å². The maximum absolute atomic E-state index is 14.5. The highest BCUT2D eigenvalue weighted by atomic mass is 35.5. The van der Waals surface area contributed by atoms with Gasteiger partial charge >= 0.3 is 5.97 Å². The van der Waals surface area contributed by atoms with Crippen molar-refractivity contribution in [2.24, 2.45) is 0 Å². The Morgan fingerprint density at radius 2 is 1.10 bits per heavy atom. The third-order valence-electron chi connectivity index (χ3n) is 11.2. The molecule has 2 saturated heterocycles. The van der Waals surface area contributed by atoms with Gasteiger partial charge in [-0.2, -0.15) is 0 Å². The van der Waals surface area contributed by atoms with Crippen molar-refractivity contribution in [1.29, 1.82) is 0 Å². The van der Waals surface area contributed by atoms with Gasteiger partial charge in [0.25, 0.3) is 5.91 Å². The van der Waals surface area contributed by atoms with Gasteiger partial charge in [-0.25, -0.2) is 13.6 Å². The molecule has 0 radical (unpaired) electrons. The number of carbonyl (C=O) groups excluding carboxylic acids is 1. The molecule has 17 heteroatoms. The van der Waals surface area contributed by atoms with Crippen LogP contribution in [0.2, 0.25) is 10.0 Å². The highest BCUT2D eigenvalue weighted by Gasteiger charge is 2.25. The van der Waals surface area contributed by atoms with Gasteiger partial charge in [-0.3, -0.25) is 24.7 Å². The quantitative estimate of drug-likeness (QED) is 0.0765. The van der Waals surface area contributed by atoms with Crippen LogP contribution in [0.15, 0.2) is 97.8 Å². The van der Waals surface area contributed by atoms with Crippen LogP contribution in [0, 0.1) is 11.6 Å². The number of anilines is 4. The van der Waals surface area contributed by atoms with E-state index >= 15 is 0 Å². The number of aromatic nitrogens is 4. The maximum atomic E-state index is 14.5. The molecule has 0 atom stereocenters. The second-order valence-electron chi connectivity index (χ2n) is 16.8. The molecule has 0 saturated carbocycles. The number of benzene rings is 2. The monoisotopic (exact) mass is 954 g/mol. The number of aromatic carboxylic acids is 1. The largest absolute Gasteiger partial charge is 0.478 e. The molecule has 0 aliphatic carbocycles. The first-order valence-corrected chi connectivity index (χ1v) is 22.8. The summed E-state index contributed by atoms with van der Waals surface area (Å²) in [5, 5.41) is 38.5. The summed E-state index contributed by atoms with van der Waals surface area (Å²) in [6, 6.07) is 15.4. The minimum atomic E-state index is -1.09. The smallest absolute Gasteiger partial charge is 0.339 e. The Hall–Kier alpha value is -6.10. The zero-order valence-electron chi connectivity index (χ0n) is 37.6. The summed E-state index contributed by atoms with van der Waals surface area (Å²) in [6.07, 6.45) is 11.9. The van der Waals surface area contributed by atoms with Gasteiger partial charge in [0.1, 0.15) is 17.2 Å². The van der Waals surface area contributed by atoms with Crippen molar-refractivity contribution in [3.05, 3.63) is 142 Å². The summed E-state index contributed by atoms with van der Waals surface area (Å²) >= 11 is 12.1. The van der Waals surface area contributed by atoms with Crippen molar-refractivity contribution >= 4 is 57.8 Å². The third-order valence-corrected chi connectivity index (χ3v) is 11.7. The summed E-state index contributed by atoms with van der Waals surface area (Å²) in [6.45, 7) is 11.0. The predicted molar refractivity (Wildman–Crippen MR) is 259 cm³/mol. The number of carboxylic acids is 1. The van der Waals surface area contributed by atoms with Gasteiger partial charge in [-0.05, 0) is 122 Å². The summed E-state index contributed by atoms with van der Waals surface area (Å²) in [4.78, 5) is 43.2. The molecule has 0 unspecified atom stereocenters. The van der Waals surface area contributed by atoms with Gasteiger partial charge in [0, 0.05) is 82.8 Å². The van der Waals surface area contributed by atoms with Crippen LogP contribution in [0.25, 0.3) is 22.5 Å². The maximum Gasteiger partial charge on any atom is 0.339 e. The molecule has 352 valence electrons. The van der Waals surface area contributed by atoms with Gasteiger partial charge < -0.3 is 36.2 Å². The van der Waals surface area contributed by atoms with Crippen LogP contribution in [0.1, 0.15) is 97.1 Å². The van der Waals surface area contributed by atoms with Gasteiger partial charge in [0.05, 0.1) is 40.5 Å². The predicted octanol–water partition coefficient (Wildman–Crippen LogP) is 10.6. The highest BCUT2D eigenvalue weighted by molar-refractivity contribution is 6.31. The number of pyridine rings is 4. The molecule has 6 aromatic rings. The molecule has 1 amide bonds. The summed E-state index contributed by atoms with van der Waals surface area (Å²) in [7, 11) is 0. The number of carbonyl (C=O) groups is 2. The molecule has 2 fully saturated rings. The van der Waals surface area contributed by atoms with Crippen LogP contribution in [0.4, 0.5) is 31.5 Å². The molecule has 2 aliphatic rings. The van der Waals surface area contributed by atoms with Gasteiger partial charge in [0.2, 0.25) is 0 Å². The Balaban J connectivity index is 0.000000195. The molecule has 13 nitrogen and oxygen atoms in total. The molecule has 4 aromatic heterocycles. The molecule has 67 heavy (non-hydrogen) atoms. The minimum absolute atomic E-state index is 0.0266. The number of nitrogens with zero attached hydrogens (tertiary/aromatic N) is 5. The molecular weight excluding hydrogens is 902 g/mol. The number of aliphatic hydroxyl groups excluding tert-OH is 2. The Bertz CT molecular complexity index is 2660. The summed E-state index contributed by atoms with van der Waals surface area (Å²) in [5.41, 5.74) is 6.05. The van der Waals surface area contributed by atoms with E-state index in [-0.39, 0.29) is 41.1 Å². The summed E-state index contributed by atoms with van der Waals surface area (Å²) < 4.78 is 28.7. The number of likely N-dealkylation sites (tertiary alicyclic amines) is 1. The Morgan fingerprint density at radius 3 is 1.54 bits per heavy atom. The zero-order chi connectivity index (χ0) is 48.2. The lowest BCUT2D eigenvalue weighted by Crippen LogP contribution is -2.40. The lowest BCUT2D eigenvalue weighted by molar-refractivity contribution is 0.0546. The Morgan fingerprint density at radius 1 is 0.657 bits per heavy atom. The average Bonchev–Trinajstić information content (AvgIpc) is 3.31. The molecule has 2 aromatic carbocycles. The second kappa shape index (κ2) is 23.6. The van der Waals surface area contributed by atoms with Crippen molar-refractivity contribution in [1.82, 2.24) is 30.2 Å². The molecule has 0 spiro atoms. The number of hydrogen-bond donors (Lipinski definition) is 6. The normalized spacial score (nSPS) is 14.2. The lowest BCUT2D eigenvalue weighted by atomic mass is 10.0. The minimum Gasteiger partial charge on any atom is -0.478 e. The van der Waals surface area contributed by atoms with Crippen molar-refractivity contribution in [2.45, 2.75) is 77.4 Å².